The summed E-state index contributed by atoms with van der Waals surface area (Å²) in [6, 6.07) is 14.6. The molecule has 10 nitrogen and oxygen atoms in total. The third kappa shape index (κ3) is 6.73. The molecule has 0 aliphatic carbocycles. The van der Waals surface area contributed by atoms with Crippen LogP contribution in [0.15, 0.2) is 65.8 Å². The quantitative estimate of drug-likeness (QED) is 0.313. The molecule has 0 unspecified atom stereocenters. The first-order valence-electron chi connectivity index (χ1n) is 12.4. The molecule has 0 fully saturated rings. The second-order valence-electron chi connectivity index (χ2n) is 10.3. The van der Waals surface area contributed by atoms with Gasteiger partial charge in [-0.25, -0.2) is 19.7 Å². The van der Waals surface area contributed by atoms with E-state index in [0.29, 0.717) is 22.9 Å². The Morgan fingerprint density at radius 2 is 1.65 bits per heavy atom. The highest BCUT2D eigenvalue weighted by Gasteiger charge is 2.25. The highest BCUT2D eigenvalue weighted by Crippen LogP contribution is 2.33. The van der Waals surface area contributed by atoms with Crippen molar-refractivity contribution < 1.29 is 22.7 Å². The molecule has 1 amide bonds. The molecule has 3 N–H and O–H groups in total. The number of nitrogens with one attached hydrogen (secondary N) is 1. The molecule has 0 saturated carbocycles. The van der Waals surface area contributed by atoms with E-state index in [9.17, 15) is 13.2 Å². The van der Waals surface area contributed by atoms with Crippen LogP contribution in [0.2, 0.25) is 0 Å². The Kier molecular flexibility index (Phi) is 7.79. The monoisotopic (exact) mass is 561 g/mol. The number of hydrogen-bond donors (Lipinski definition) is 2. The molecule has 0 saturated heterocycles. The van der Waals surface area contributed by atoms with Crippen molar-refractivity contribution in [1.29, 1.82) is 0 Å². The second-order valence-corrected chi connectivity index (χ2v) is 11.9. The summed E-state index contributed by atoms with van der Waals surface area (Å²) in [5.74, 6) is -0.0431. The summed E-state index contributed by atoms with van der Waals surface area (Å²) in [5.41, 5.74) is 8.95. The van der Waals surface area contributed by atoms with Crippen molar-refractivity contribution in [3.63, 3.8) is 0 Å². The Morgan fingerprint density at radius 1 is 0.950 bits per heavy atom. The van der Waals surface area contributed by atoms with E-state index in [4.69, 9.17) is 15.2 Å². The molecule has 0 bridgehead atoms. The number of benzene rings is 1. The minimum absolute atomic E-state index is 0.00298. The van der Waals surface area contributed by atoms with E-state index in [2.05, 4.69) is 15.0 Å². The fourth-order valence-electron chi connectivity index (χ4n) is 3.99. The fourth-order valence-corrected chi connectivity index (χ4v) is 4.93. The van der Waals surface area contributed by atoms with Crippen molar-refractivity contribution >= 4 is 21.7 Å². The average molecular weight is 562 g/mol. The molecule has 11 heteroatoms. The summed E-state index contributed by atoms with van der Waals surface area (Å²) >= 11 is 0. The Morgan fingerprint density at radius 3 is 2.25 bits per heavy atom. The summed E-state index contributed by atoms with van der Waals surface area (Å²) in [6.07, 6.45) is 1.60. The lowest BCUT2D eigenvalue weighted by molar-refractivity contribution is 0.0978. The second kappa shape index (κ2) is 10.9. The van der Waals surface area contributed by atoms with E-state index in [-0.39, 0.29) is 22.3 Å². The zero-order chi connectivity index (χ0) is 29.2. The molecule has 0 radical (unpaired) electrons. The Labute approximate surface area is 233 Å². The molecule has 1 aromatic carbocycles. The molecular formula is C29H31N5O5S. The number of aryl methyl sites for hydroxylation is 3. The number of amides is 1. The Hall–Kier alpha value is -4.51. The van der Waals surface area contributed by atoms with E-state index < -0.39 is 21.5 Å². The van der Waals surface area contributed by atoms with Gasteiger partial charge in [0.25, 0.3) is 15.9 Å². The van der Waals surface area contributed by atoms with Gasteiger partial charge in [0.15, 0.2) is 5.03 Å². The van der Waals surface area contributed by atoms with Crippen molar-refractivity contribution in [3.05, 3.63) is 83.0 Å². The number of nitrogens with two attached hydrogens (primary N) is 1. The van der Waals surface area contributed by atoms with Gasteiger partial charge in [-0.05, 0) is 83.0 Å². The maximum Gasteiger partial charge on any atom is 0.281 e. The molecular weight excluding hydrogens is 530 g/mol. The number of nitrogens with zero attached hydrogens (tertiary/aromatic N) is 3. The molecule has 0 atom stereocenters. The van der Waals surface area contributed by atoms with E-state index in [1.165, 1.54) is 24.3 Å². The average Bonchev–Trinajstić information content (AvgIpc) is 2.85. The van der Waals surface area contributed by atoms with Crippen LogP contribution in [0, 0.1) is 20.8 Å². The number of carbonyl (C=O) groups is 1. The van der Waals surface area contributed by atoms with E-state index >= 15 is 0 Å². The first-order chi connectivity index (χ1) is 18.7. The smallest absolute Gasteiger partial charge is 0.281 e. The zero-order valence-corrected chi connectivity index (χ0v) is 24.0. The lowest BCUT2D eigenvalue weighted by Crippen LogP contribution is -2.31. The SMILES string of the molecule is Cc1cc(C)c(Oc2nc(-c3ccc(OC(C)(C)C)nc3)ccc2C(=O)NS(=O)(=O)c2cccc(N)n2)c(C)c1. The van der Waals surface area contributed by atoms with Crippen LogP contribution in [-0.4, -0.2) is 34.9 Å². The fraction of sp³-hybridized carbons (Fsp3) is 0.241. The molecule has 0 aliphatic heterocycles. The first kappa shape index (κ1) is 28.5. The highest BCUT2D eigenvalue weighted by atomic mass is 32.2. The predicted octanol–water partition coefficient (Wildman–Crippen LogP) is 5.13. The molecule has 4 aromatic rings. The van der Waals surface area contributed by atoms with Gasteiger partial charge in [0.1, 0.15) is 22.7 Å². The number of aromatic nitrogens is 3. The van der Waals surface area contributed by atoms with Gasteiger partial charge in [0.05, 0.1) is 5.69 Å². The van der Waals surface area contributed by atoms with Gasteiger partial charge < -0.3 is 15.2 Å². The standard InChI is InChI=1S/C29H31N5O5S/c1-17-14-18(2)26(19(3)15-17)38-28-21(27(35)34-40(36,37)25-9-7-8-23(30)33-25)11-12-22(32-28)20-10-13-24(31-16-20)39-29(4,5)6/h7-16H,1-6H3,(H2,30,33)(H,34,35). The summed E-state index contributed by atoms with van der Waals surface area (Å²) in [5, 5.41) is -0.387. The van der Waals surface area contributed by atoms with E-state index in [1.807, 2.05) is 58.4 Å². The van der Waals surface area contributed by atoms with Crippen molar-refractivity contribution in [2.75, 3.05) is 5.73 Å². The van der Waals surface area contributed by atoms with Crippen LogP contribution in [0.5, 0.6) is 17.5 Å². The molecule has 208 valence electrons. The van der Waals surface area contributed by atoms with Crippen molar-refractivity contribution in [1.82, 2.24) is 19.7 Å². The van der Waals surface area contributed by atoms with Crippen molar-refractivity contribution in [2.45, 2.75) is 52.2 Å². The van der Waals surface area contributed by atoms with Gasteiger partial charge in [0.2, 0.25) is 11.8 Å². The number of sulfonamides is 1. The van der Waals surface area contributed by atoms with Gasteiger partial charge in [-0.15, -0.1) is 0 Å². The number of anilines is 1. The first-order valence-corrected chi connectivity index (χ1v) is 13.9. The number of rotatable bonds is 7. The van der Waals surface area contributed by atoms with Crippen molar-refractivity contribution in [3.8, 4) is 28.8 Å². The number of nitrogen functional groups attached to an aromatic ring is 1. The van der Waals surface area contributed by atoms with Crippen molar-refractivity contribution in [2.24, 2.45) is 0 Å². The minimum Gasteiger partial charge on any atom is -0.472 e. The maximum absolute atomic E-state index is 13.3. The van der Waals surface area contributed by atoms with Gasteiger partial charge in [-0.2, -0.15) is 8.42 Å². The number of hydrogen-bond acceptors (Lipinski definition) is 9. The van der Waals surface area contributed by atoms with E-state index in [1.54, 1.807) is 24.4 Å². The van der Waals surface area contributed by atoms with Crippen LogP contribution in [0.4, 0.5) is 5.82 Å². The Bertz CT molecular complexity index is 1660. The van der Waals surface area contributed by atoms with Crippen LogP contribution in [0.3, 0.4) is 0 Å². The van der Waals surface area contributed by atoms with Crippen LogP contribution in [0.25, 0.3) is 11.3 Å². The lowest BCUT2D eigenvalue weighted by atomic mass is 10.1. The normalized spacial score (nSPS) is 11.7. The predicted molar refractivity (Wildman–Crippen MR) is 152 cm³/mol. The van der Waals surface area contributed by atoms with Gasteiger partial charge in [-0.3, -0.25) is 4.79 Å². The lowest BCUT2D eigenvalue weighted by Gasteiger charge is -2.20. The molecule has 0 aliphatic rings. The minimum atomic E-state index is -4.32. The van der Waals surface area contributed by atoms with Gasteiger partial charge in [0, 0.05) is 17.8 Å². The molecule has 3 aromatic heterocycles. The van der Waals surface area contributed by atoms with Crippen LogP contribution < -0.4 is 19.9 Å². The summed E-state index contributed by atoms with van der Waals surface area (Å²) < 4.78 is 39.8. The van der Waals surface area contributed by atoms with E-state index in [0.717, 1.165) is 16.7 Å². The summed E-state index contributed by atoms with van der Waals surface area (Å²) in [4.78, 5) is 26.0. The third-order valence-electron chi connectivity index (χ3n) is 5.60. The molecule has 3 heterocycles. The number of ether oxygens (including phenoxy) is 2. The molecule has 4 rings (SSSR count). The van der Waals surface area contributed by atoms with Gasteiger partial charge in [-0.1, -0.05) is 23.8 Å². The van der Waals surface area contributed by atoms with Gasteiger partial charge >= 0.3 is 0 Å². The van der Waals surface area contributed by atoms with Crippen LogP contribution in [-0.2, 0) is 10.0 Å². The Balaban J connectivity index is 1.74. The number of pyridine rings is 3. The third-order valence-corrected chi connectivity index (χ3v) is 6.83. The summed E-state index contributed by atoms with van der Waals surface area (Å²) in [6.45, 7) is 11.5. The summed E-state index contributed by atoms with van der Waals surface area (Å²) in [7, 11) is -4.32. The zero-order valence-electron chi connectivity index (χ0n) is 23.1. The molecule has 40 heavy (non-hydrogen) atoms. The highest BCUT2D eigenvalue weighted by molar-refractivity contribution is 7.90. The van der Waals surface area contributed by atoms with Crippen LogP contribution >= 0.6 is 0 Å². The largest absolute Gasteiger partial charge is 0.472 e. The number of carbonyl (C=O) groups excluding carboxylic acids is 1. The van der Waals surface area contributed by atoms with Crippen LogP contribution in [0.1, 0.15) is 47.8 Å². The molecule has 0 spiro atoms. The maximum atomic E-state index is 13.3. The topological polar surface area (TPSA) is 146 Å².